The van der Waals surface area contributed by atoms with Gasteiger partial charge < -0.3 is 19.9 Å². The number of anilines is 1. The largest absolute Gasteiger partial charge is 0.352 e. The standard InChI is InChI=1S/C23H30ClN3O3/c24-19-2-1-18(15-20(19)27-11-5-21(29)25-16-27)22(30)26-12-9-23(10-13-26)7-3-17(4-8-23)6-14-28/h1-2,14-15,17H,3-13,16H2,(H,25,29). The van der Waals surface area contributed by atoms with Gasteiger partial charge in [0.15, 0.2) is 0 Å². The van der Waals surface area contributed by atoms with Crippen LogP contribution in [0.15, 0.2) is 18.2 Å². The summed E-state index contributed by atoms with van der Waals surface area (Å²) in [6.45, 7) is 2.58. The molecule has 1 aromatic rings. The predicted octanol–water partition coefficient (Wildman–Crippen LogP) is 3.63. The quantitative estimate of drug-likeness (QED) is 0.739. The van der Waals surface area contributed by atoms with E-state index in [-0.39, 0.29) is 11.8 Å². The Morgan fingerprint density at radius 2 is 1.90 bits per heavy atom. The van der Waals surface area contributed by atoms with Gasteiger partial charge in [0, 0.05) is 38.0 Å². The molecule has 2 amide bonds. The summed E-state index contributed by atoms with van der Waals surface area (Å²) in [7, 11) is 0. The molecule has 2 aliphatic heterocycles. The molecule has 1 aliphatic carbocycles. The van der Waals surface area contributed by atoms with Gasteiger partial charge in [-0.25, -0.2) is 0 Å². The number of likely N-dealkylation sites (tertiary alicyclic amines) is 1. The van der Waals surface area contributed by atoms with E-state index >= 15 is 0 Å². The zero-order valence-corrected chi connectivity index (χ0v) is 18.1. The highest BCUT2D eigenvalue weighted by Gasteiger charge is 2.39. The van der Waals surface area contributed by atoms with E-state index in [2.05, 4.69) is 5.32 Å². The van der Waals surface area contributed by atoms with E-state index in [0.29, 0.717) is 48.0 Å². The summed E-state index contributed by atoms with van der Waals surface area (Å²) in [5, 5.41) is 3.42. The highest BCUT2D eigenvalue weighted by Crippen LogP contribution is 2.47. The van der Waals surface area contributed by atoms with Crippen molar-refractivity contribution in [1.29, 1.82) is 0 Å². The Hall–Kier alpha value is -2.08. The normalized spacial score (nSPS) is 22.1. The van der Waals surface area contributed by atoms with Crippen LogP contribution in [0.2, 0.25) is 5.02 Å². The third-order valence-electron chi connectivity index (χ3n) is 7.32. The average molecular weight is 432 g/mol. The molecule has 6 nitrogen and oxygen atoms in total. The van der Waals surface area contributed by atoms with Crippen molar-refractivity contribution in [2.75, 3.05) is 31.2 Å². The summed E-state index contributed by atoms with van der Waals surface area (Å²) in [4.78, 5) is 39.3. The van der Waals surface area contributed by atoms with E-state index < -0.39 is 0 Å². The molecule has 1 N–H and O–H groups in total. The van der Waals surface area contributed by atoms with Crippen LogP contribution >= 0.6 is 11.6 Å². The van der Waals surface area contributed by atoms with E-state index in [1.807, 2.05) is 15.9 Å². The number of piperidine rings is 1. The molecule has 1 aromatic carbocycles. The molecular weight excluding hydrogens is 402 g/mol. The second-order valence-electron chi connectivity index (χ2n) is 9.08. The highest BCUT2D eigenvalue weighted by molar-refractivity contribution is 6.33. The number of hydrogen-bond acceptors (Lipinski definition) is 4. The second-order valence-corrected chi connectivity index (χ2v) is 9.48. The van der Waals surface area contributed by atoms with Crippen LogP contribution in [0.4, 0.5) is 5.69 Å². The Balaban J connectivity index is 1.38. The van der Waals surface area contributed by atoms with Crippen molar-refractivity contribution in [3.05, 3.63) is 28.8 Å². The number of aldehydes is 1. The summed E-state index contributed by atoms with van der Waals surface area (Å²) in [5.41, 5.74) is 1.80. The monoisotopic (exact) mass is 431 g/mol. The minimum atomic E-state index is 0.0389. The van der Waals surface area contributed by atoms with Gasteiger partial charge in [-0.15, -0.1) is 0 Å². The summed E-state index contributed by atoms with van der Waals surface area (Å²) >= 11 is 6.39. The van der Waals surface area contributed by atoms with Crippen LogP contribution in [-0.4, -0.2) is 49.3 Å². The maximum atomic E-state index is 13.2. The van der Waals surface area contributed by atoms with Crippen molar-refractivity contribution in [2.45, 2.75) is 51.4 Å². The summed E-state index contributed by atoms with van der Waals surface area (Å²) < 4.78 is 0. The van der Waals surface area contributed by atoms with Crippen molar-refractivity contribution >= 4 is 35.4 Å². The molecule has 162 valence electrons. The lowest BCUT2D eigenvalue weighted by Gasteiger charge is -2.46. The van der Waals surface area contributed by atoms with Crippen molar-refractivity contribution in [1.82, 2.24) is 10.2 Å². The number of nitrogens with one attached hydrogen (secondary N) is 1. The fraction of sp³-hybridized carbons (Fsp3) is 0.609. The van der Waals surface area contributed by atoms with Gasteiger partial charge in [0.2, 0.25) is 5.91 Å². The molecule has 0 atom stereocenters. The number of halogens is 1. The van der Waals surface area contributed by atoms with Gasteiger partial charge in [-0.1, -0.05) is 11.6 Å². The Morgan fingerprint density at radius 3 is 2.53 bits per heavy atom. The van der Waals surface area contributed by atoms with Crippen molar-refractivity contribution < 1.29 is 14.4 Å². The number of hydrogen-bond donors (Lipinski definition) is 1. The molecule has 3 fully saturated rings. The fourth-order valence-corrected chi connectivity index (χ4v) is 5.45. The van der Waals surface area contributed by atoms with E-state index in [1.165, 1.54) is 12.8 Å². The maximum Gasteiger partial charge on any atom is 0.253 e. The zero-order chi connectivity index (χ0) is 21.1. The molecule has 4 rings (SSSR count). The topological polar surface area (TPSA) is 69.7 Å². The van der Waals surface area contributed by atoms with Crippen LogP contribution in [0.1, 0.15) is 61.7 Å². The van der Waals surface area contributed by atoms with E-state index in [0.717, 1.165) is 50.7 Å². The SMILES string of the molecule is O=CCC1CCC2(CC1)CCN(C(=O)c1ccc(Cl)c(N3CCC(=O)NC3)c1)CC2. The third-order valence-corrected chi connectivity index (χ3v) is 7.64. The molecule has 7 heteroatoms. The van der Waals surface area contributed by atoms with Crippen molar-refractivity contribution in [2.24, 2.45) is 11.3 Å². The lowest BCUT2D eigenvalue weighted by molar-refractivity contribution is -0.121. The van der Waals surface area contributed by atoms with Gasteiger partial charge in [-0.2, -0.15) is 0 Å². The van der Waals surface area contributed by atoms with Crippen LogP contribution in [0, 0.1) is 11.3 Å². The number of rotatable bonds is 4. The second kappa shape index (κ2) is 8.96. The number of carbonyl (C=O) groups excluding carboxylic acids is 3. The number of benzene rings is 1. The fourth-order valence-electron chi connectivity index (χ4n) is 5.21. The number of nitrogens with zero attached hydrogens (tertiary/aromatic N) is 2. The first kappa shape index (κ1) is 21.2. The van der Waals surface area contributed by atoms with Crippen LogP contribution in [-0.2, 0) is 9.59 Å². The highest BCUT2D eigenvalue weighted by atomic mass is 35.5. The predicted molar refractivity (Wildman–Crippen MR) is 117 cm³/mol. The van der Waals surface area contributed by atoms with Crippen LogP contribution in [0.3, 0.4) is 0 Å². The van der Waals surface area contributed by atoms with Gasteiger partial charge in [-0.3, -0.25) is 9.59 Å². The Labute approximate surface area is 182 Å². The minimum absolute atomic E-state index is 0.0389. The first-order valence-corrected chi connectivity index (χ1v) is 11.4. The molecular formula is C23H30ClN3O3. The maximum absolute atomic E-state index is 13.2. The van der Waals surface area contributed by atoms with Gasteiger partial charge in [0.25, 0.3) is 5.91 Å². The molecule has 0 unspecified atom stereocenters. The Morgan fingerprint density at radius 1 is 1.17 bits per heavy atom. The number of carbonyl (C=O) groups is 3. The van der Waals surface area contributed by atoms with Crippen LogP contribution in [0.5, 0.6) is 0 Å². The molecule has 1 saturated carbocycles. The molecule has 0 aromatic heterocycles. The van der Waals surface area contributed by atoms with Crippen LogP contribution in [0.25, 0.3) is 0 Å². The molecule has 2 heterocycles. The first-order chi connectivity index (χ1) is 14.5. The molecule has 0 radical (unpaired) electrons. The smallest absolute Gasteiger partial charge is 0.253 e. The lowest BCUT2D eigenvalue weighted by atomic mass is 9.65. The Kier molecular flexibility index (Phi) is 6.32. The Bertz CT molecular complexity index is 800. The average Bonchev–Trinajstić information content (AvgIpc) is 2.77. The van der Waals surface area contributed by atoms with E-state index in [1.54, 1.807) is 12.1 Å². The number of amides is 2. The van der Waals surface area contributed by atoms with Crippen molar-refractivity contribution in [3.63, 3.8) is 0 Å². The van der Waals surface area contributed by atoms with Crippen LogP contribution < -0.4 is 10.2 Å². The summed E-state index contributed by atoms with van der Waals surface area (Å²) in [5.74, 6) is 0.648. The lowest BCUT2D eigenvalue weighted by Crippen LogP contribution is -2.45. The molecule has 3 aliphatic rings. The van der Waals surface area contributed by atoms with Gasteiger partial charge in [0.05, 0.1) is 17.4 Å². The van der Waals surface area contributed by atoms with Gasteiger partial charge >= 0.3 is 0 Å². The van der Waals surface area contributed by atoms with Crippen molar-refractivity contribution in [3.8, 4) is 0 Å². The van der Waals surface area contributed by atoms with E-state index in [9.17, 15) is 14.4 Å². The minimum Gasteiger partial charge on any atom is -0.352 e. The van der Waals surface area contributed by atoms with Gasteiger partial charge in [-0.05, 0) is 68.1 Å². The molecule has 1 spiro atoms. The third kappa shape index (κ3) is 4.48. The zero-order valence-electron chi connectivity index (χ0n) is 17.4. The van der Waals surface area contributed by atoms with E-state index in [4.69, 9.17) is 11.6 Å². The first-order valence-electron chi connectivity index (χ1n) is 11.0. The molecule has 30 heavy (non-hydrogen) atoms. The molecule has 0 bridgehead atoms. The van der Waals surface area contributed by atoms with Gasteiger partial charge in [0.1, 0.15) is 6.29 Å². The summed E-state index contributed by atoms with van der Waals surface area (Å²) in [6, 6.07) is 5.43. The molecule has 2 saturated heterocycles. The summed E-state index contributed by atoms with van der Waals surface area (Å²) in [6.07, 6.45) is 8.91.